The number of rotatable bonds is 10. The van der Waals surface area contributed by atoms with Crippen LogP contribution in [0.5, 0.6) is 0 Å². The van der Waals surface area contributed by atoms with Gasteiger partial charge in [-0.05, 0) is 62.8 Å². The standard InChI is InChI=1S/C24H31F3N4O/c1-32-11-10-28-16-2-4-17(5-3-16)31-23-13-20(22(26)14-29-23)19-12-18(6-7-21(19)25)30-15-24(27)8-9-24/h6-7,12-14,16-17,28,30H,2-5,8-11,15H2,1H3,(H,29,31)/t16-,17-. The van der Waals surface area contributed by atoms with Gasteiger partial charge in [-0.1, -0.05) is 0 Å². The normalized spacial score (nSPS) is 21.9. The van der Waals surface area contributed by atoms with Crippen LogP contribution in [0.25, 0.3) is 11.1 Å². The highest BCUT2D eigenvalue weighted by molar-refractivity contribution is 5.71. The number of aromatic nitrogens is 1. The van der Waals surface area contributed by atoms with Crippen molar-refractivity contribution in [2.75, 3.05) is 37.4 Å². The zero-order valence-corrected chi connectivity index (χ0v) is 18.4. The number of nitrogens with one attached hydrogen (secondary N) is 3. The molecule has 2 aliphatic rings. The lowest BCUT2D eigenvalue weighted by molar-refractivity contribution is 0.191. The minimum Gasteiger partial charge on any atom is -0.383 e. The van der Waals surface area contributed by atoms with Crippen molar-refractivity contribution < 1.29 is 17.9 Å². The molecule has 2 aromatic rings. The van der Waals surface area contributed by atoms with Gasteiger partial charge in [0.1, 0.15) is 23.1 Å². The van der Waals surface area contributed by atoms with Gasteiger partial charge in [-0.2, -0.15) is 0 Å². The monoisotopic (exact) mass is 448 g/mol. The van der Waals surface area contributed by atoms with Crippen molar-refractivity contribution in [3.63, 3.8) is 0 Å². The SMILES string of the molecule is COCCN[C@H]1CC[C@H](Nc2cc(-c3cc(NCC4(F)CC4)ccc3F)c(F)cn2)CC1. The van der Waals surface area contributed by atoms with Gasteiger partial charge in [0.2, 0.25) is 0 Å². The molecule has 1 aromatic carbocycles. The topological polar surface area (TPSA) is 58.2 Å². The predicted octanol–water partition coefficient (Wildman–Crippen LogP) is 4.90. The largest absolute Gasteiger partial charge is 0.383 e. The minimum absolute atomic E-state index is 0.132. The predicted molar refractivity (Wildman–Crippen MR) is 121 cm³/mol. The molecule has 2 fully saturated rings. The summed E-state index contributed by atoms with van der Waals surface area (Å²) >= 11 is 0. The van der Waals surface area contributed by atoms with E-state index < -0.39 is 17.3 Å². The fraction of sp³-hybridized carbons (Fsp3) is 0.542. The van der Waals surface area contributed by atoms with Gasteiger partial charge in [0, 0.05) is 49.1 Å². The molecule has 2 aliphatic carbocycles. The van der Waals surface area contributed by atoms with Crippen LogP contribution in [0.3, 0.4) is 0 Å². The van der Waals surface area contributed by atoms with Crippen molar-refractivity contribution in [2.24, 2.45) is 0 Å². The number of pyridine rings is 1. The average molecular weight is 449 g/mol. The molecule has 0 bridgehead atoms. The minimum atomic E-state index is -1.17. The Bertz CT molecular complexity index is 914. The molecule has 1 heterocycles. The van der Waals surface area contributed by atoms with Gasteiger partial charge in [-0.15, -0.1) is 0 Å². The van der Waals surface area contributed by atoms with Gasteiger partial charge >= 0.3 is 0 Å². The number of anilines is 2. The van der Waals surface area contributed by atoms with E-state index in [1.807, 2.05) is 0 Å². The Kier molecular flexibility index (Phi) is 7.20. The van der Waals surface area contributed by atoms with E-state index in [0.717, 1.165) is 38.4 Å². The van der Waals surface area contributed by atoms with E-state index in [0.29, 0.717) is 37.0 Å². The Morgan fingerprint density at radius 1 is 1.03 bits per heavy atom. The number of methoxy groups -OCH3 is 1. The summed E-state index contributed by atoms with van der Waals surface area (Å²) < 4.78 is 48.1. The average Bonchev–Trinajstić information content (AvgIpc) is 3.53. The first-order valence-electron chi connectivity index (χ1n) is 11.3. The summed E-state index contributed by atoms with van der Waals surface area (Å²) in [5.41, 5.74) is -0.339. The lowest BCUT2D eigenvalue weighted by Crippen LogP contribution is -2.38. The van der Waals surface area contributed by atoms with Gasteiger partial charge in [-0.25, -0.2) is 18.2 Å². The van der Waals surface area contributed by atoms with E-state index in [1.165, 1.54) is 12.1 Å². The summed E-state index contributed by atoms with van der Waals surface area (Å²) in [5.74, 6) is -0.604. The van der Waals surface area contributed by atoms with Crippen molar-refractivity contribution in [3.05, 3.63) is 42.1 Å². The smallest absolute Gasteiger partial charge is 0.149 e. The van der Waals surface area contributed by atoms with Crippen LogP contribution in [0.2, 0.25) is 0 Å². The second-order valence-corrected chi connectivity index (χ2v) is 8.89. The molecular formula is C24H31F3N4O. The van der Waals surface area contributed by atoms with Crippen molar-refractivity contribution >= 4 is 11.5 Å². The third kappa shape index (κ3) is 5.92. The highest BCUT2D eigenvalue weighted by Crippen LogP contribution is 2.40. The van der Waals surface area contributed by atoms with Crippen LogP contribution < -0.4 is 16.0 Å². The lowest BCUT2D eigenvalue weighted by Gasteiger charge is -2.30. The van der Waals surface area contributed by atoms with Gasteiger partial charge in [0.25, 0.3) is 0 Å². The number of alkyl halides is 1. The summed E-state index contributed by atoms with van der Waals surface area (Å²) in [5, 5.41) is 9.86. The Hall–Kier alpha value is -2.32. The van der Waals surface area contributed by atoms with Crippen molar-refractivity contribution in [1.82, 2.24) is 10.3 Å². The molecular weight excluding hydrogens is 417 g/mol. The number of hydrogen-bond acceptors (Lipinski definition) is 5. The van der Waals surface area contributed by atoms with Crippen LogP contribution in [0.4, 0.5) is 24.7 Å². The van der Waals surface area contributed by atoms with Crippen LogP contribution in [0, 0.1) is 11.6 Å². The Morgan fingerprint density at radius 2 is 1.75 bits per heavy atom. The molecule has 1 aromatic heterocycles. The van der Waals surface area contributed by atoms with E-state index in [1.54, 1.807) is 19.2 Å². The molecule has 0 aliphatic heterocycles. The number of benzene rings is 1. The summed E-state index contributed by atoms with van der Waals surface area (Å²) in [7, 11) is 1.69. The second-order valence-electron chi connectivity index (χ2n) is 8.89. The first-order chi connectivity index (χ1) is 15.5. The second kappa shape index (κ2) is 10.1. The Morgan fingerprint density at radius 3 is 2.47 bits per heavy atom. The van der Waals surface area contributed by atoms with Gasteiger partial charge in [0.15, 0.2) is 0 Å². The fourth-order valence-electron chi connectivity index (χ4n) is 4.15. The molecule has 0 saturated heterocycles. The van der Waals surface area contributed by atoms with E-state index in [2.05, 4.69) is 20.9 Å². The van der Waals surface area contributed by atoms with Crippen LogP contribution in [-0.4, -0.2) is 49.5 Å². The Labute approximate surface area is 187 Å². The lowest BCUT2D eigenvalue weighted by atomic mass is 9.91. The maximum absolute atomic E-state index is 14.6. The molecule has 3 N–H and O–H groups in total. The van der Waals surface area contributed by atoms with Crippen LogP contribution in [0.1, 0.15) is 38.5 Å². The maximum Gasteiger partial charge on any atom is 0.149 e. The van der Waals surface area contributed by atoms with E-state index in [-0.39, 0.29) is 23.7 Å². The van der Waals surface area contributed by atoms with Crippen LogP contribution >= 0.6 is 0 Å². The molecule has 0 spiro atoms. The fourth-order valence-corrected chi connectivity index (χ4v) is 4.15. The van der Waals surface area contributed by atoms with Crippen LogP contribution in [-0.2, 0) is 4.74 Å². The van der Waals surface area contributed by atoms with Crippen molar-refractivity contribution in [3.8, 4) is 11.1 Å². The van der Waals surface area contributed by atoms with Crippen molar-refractivity contribution in [2.45, 2.75) is 56.3 Å². The molecule has 32 heavy (non-hydrogen) atoms. The summed E-state index contributed by atoms with van der Waals surface area (Å²) in [6.07, 6.45) is 6.20. The molecule has 0 unspecified atom stereocenters. The zero-order valence-electron chi connectivity index (χ0n) is 18.4. The number of nitrogens with zero attached hydrogens (tertiary/aromatic N) is 1. The number of hydrogen-bond donors (Lipinski definition) is 3. The van der Waals surface area contributed by atoms with Gasteiger partial charge < -0.3 is 20.7 Å². The highest BCUT2D eigenvalue weighted by atomic mass is 19.1. The quantitative estimate of drug-likeness (QED) is 0.452. The summed E-state index contributed by atoms with van der Waals surface area (Å²) in [6.45, 7) is 1.71. The number of halogens is 3. The molecule has 0 atom stereocenters. The highest BCUT2D eigenvalue weighted by Gasteiger charge is 2.42. The summed E-state index contributed by atoms with van der Waals surface area (Å²) in [6, 6.07) is 6.61. The van der Waals surface area contributed by atoms with E-state index in [4.69, 9.17) is 4.74 Å². The molecule has 174 valence electrons. The third-order valence-electron chi connectivity index (χ3n) is 6.33. The van der Waals surface area contributed by atoms with Gasteiger partial charge in [0.05, 0.1) is 12.8 Å². The van der Waals surface area contributed by atoms with E-state index in [9.17, 15) is 13.2 Å². The first-order valence-corrected chi connectivity index (χ1v) is 11.3. The molecule has 5 nitrogen and oxygen atoms in total. The molecule has 2 saturated carbocycles. The van der Waals surface area contributed by atoms with Crippen molar-refractivity contribution in [1.29, 1.82) is 0 Å². The maximum atomic E-state index is 14.6. The van der Waals surface area contributed by atoms with E-state index >= 15 is 0 Å². The zero-order chi connectivity index (χ0) is 22.6. The first kappa shape index (κ1) is 22.9. The molecule has 4 rings (SSSR count). The third-order valence-corrected chi connectivity index (χ3v) is 6.33. The van der Waals surface area contributed by atoms with Gasteiger partial charge in [-0.3, -0.25) is 0 Å². The van der Waals surface area contributed by atoms with Crippen LogP contribution in [0.15, 0.2) is 30.5 Å². The molecule has 0 radical (unpaired) electrons. The molecule has 0 amide bonds. The Balaban J connectivity index is 1.41. The molecule has 8 heteroatoms. The number of ether oxygens (including phenoxy) is 1. The summed E-state index contributed by atoms with van der Waals surface area (Å²) in [4.78, 5) is 4.16.